The maximum Gasteiger partial charge on any atom is 0.401 e. The molecule has 0 aromatic heterocycles. The summed E-state index contributed by atoms with van der Waals surface area (Å²) in [6.07, 6.45) is -2.40. The number of alkyl halides is 3. The van der Waals surface area contributed by atoms with Crippen LogP contribution in [-0.4, -0.2) is 32.3 Å². The first kappa shape index (κ1) is 14.0. The zero-order valence-corrected chi connectivity index (χ0v) is 8.65. The fourth-order valence-electron chi connectivity index (χ4n) is 0.912. The maximum atomic E-state index is 11.7. The fourth-order valence-corrected chi connectivity index (χ4v) is 0.912. The van der Waals surface area contributed by atoms with Crippen molar-refractivity contribution < 1.29 is 22.7 Å². The Hall–Kier alpha value is -1.04. The molecule has 0 aromatic carbocycles. The van der Waals surface area contributed by atoms with Crippen molar-refractivity contribution in [1.82, 2.24) is 5.32 Å². The Morgan fingerprint density at radius 1 is 1.47 bits per heavy atom. The van der Waals surface area contributed by atoms with Gasteiger partial charge in [0.2, 0.25) is 0 Å². The van der Waals surface area contributed by atoms with Crippen LogP contribution in [0.1, 0.15) is 13.3 Å². The zero-order chi connectivity index (χ0) is 11.9. The van der Waals surface area contributed by atoms with E-state index in [1.54, 1.807) is 6.92 Å². The van der Waals surface area contributed by atoms with Crippen LogP contribution in [0.5, 0.6) is 0 Å². The lowest BCUT2D eigenvalue weighted by Crippen LogP contribution is -2.29. The van der Waals surface area contributed by atoms with Crippen molar-refractivity contribution in [3.05, 3.63) is 11.6 Å². The number of ether oxygens (including phenoxy) is 1. The van der Waals surface area contributed by atoms with Crippen LogP contribution in [0, 0.1) is 0 Å². The molecule has 3 nitrogen and oxygen atoms in total. The minimum atomic E-state index is -4.23. The van der Waals surface area contributed by atoms with Crippen molar-refractivity contribution in [1.29, 1.82) is 0 Å². The van der Waals surface area contributed by atoms with Crippen molar-refractivity contribution in [3.8, 4) is 0 Å². The summed E-state index contributed by atoms with van der Waals surface area (Å²) < 4.78 is 39.6. The molecule has 0 radical (unpaired) electrons. The molecule has 15 heavy (non-hydrogen) atoms. The minimum Gasteiger partial charge on any atom is -0.466 e. The van der Waals surface area contributed by atoms with Crippen molar-refractivity contribution in [3.63, 3.8) is 0 Å². The lowest BCUT2D eigenvalue weighted by molar-refractivity contribution is -0.136. The molecule has 1 N–H and O–H groups in total. The second kappa shape index (κ2) is 6.44. The normalized spacial score (nSPS) is 12.7. The maximum absolute atomic E-state index is 11.7. The van der Waals surface area contributed by atoms with E-state index >= 15 is 0 Å². The Labute approximate surface area is 86.3 Å². The molecule has 0 saturated heterocycles. The number of carbonyl (C=O) groups excluding carboxylic acids is 1. The lowest BCUT2D eigenvalue weighted by atomic mass is 10.2. The standard InChI is InChI=1S/C9H14F3NO2/c1-3-7(8(14)15-2)4-5-13-6-9(10,11)12/h4,13H,3,5-6H2,1-2H3. The van der Waals surface area contributed by atoms with E-state index in [0.717, 1.165) is 0 Å². The molecule has 0 atom stereocenters. The highest BCUT2D eigenvalue weighted by molar-refractivity contribution is 5.88. The molecule has 0 unspecified atom stereocenters. The Bertz CT molecular complexity index is 236. The van der Waals surface area contributed by atoms with Gasteiger partial charge in [-0.25, -0.2) is 4.79 Å². The van der Waals surface area contributed by atoms with Gasteiger partial charge in [-0.3, -0.25) is 0 Å². The Balaban J connectivity index is 3.98. The molecular weight excluding hydrogens is 211 g/mol. The predicted molar refractivity (Wildman–Crippen MR) is 49.3 cm³/mol. The van der Waals surface area contributed by atoms with Gasteiger partial charge in [0.1, 0.15) is 0 Å². The third-order valence-electron chi connectivity index (χ3n) is 1.65. The van der Waals surface area contributed by atoms with Crippen LogP contribution in [0.15, 0.2) is 11.6 Å². The Kier molecular flexibility index (Phi) is 6.00. The molecule has 88 valence electrons. The van der Waals surface area contributed by atoms with Crippen molar-refractivity contribution in [2.24, 2.45) is 0 Å². The topological polar surface area (TPSA) is 38.3 Å². The van der Waals surface area contributed by atoms with E-state index in [1.807, 2.05) is 0 Å². The first-order valence-electron chi connectivity index (χ1n) is 4.45. The van der Waals surface area contributed by atoms with Gasteiger partial charge in [-0.1, -0.05) is 13.0 Å². The van der Waals surface area contributed by atoms with Crippen LogP contribution < -0.4 is 5.32 Å². The molecule has 0 aromatic rings. The molecular formula is C9H14F3NO2. The van der Waals surface area contributed by atoms with E-state index in [-0.39, 0.29) is 6.54 Å². The third kappa shape index (κ3) is 6.96. The first-order chi connectivity index (χ1) is 6.90. The van der Waals surface area contributed by atoms with Crippen LogP contribution in [-0.2, 0) is 9.53 Å². The van der Waals surface area contributed by atoms with E-state index in [2.05, 4.69) is 10.1 Å². The molecule has 0 aliphatic rings. The number of nitrogens with one attached hydrogen (secondary N) is 1. The second-order valence-electron chi connectivity index (χ2n) is 2.82. The summed E-state index contributed by atoms with van der Waals surface area (Å²) in [4.78, 5) is 11.0. The second-order valence-corrected chi connectivity index (χ2v) is 2.82. The fraction of sp³-hybridized carbons (Fsp3) is 0.667. The number of methoxy groups -OCH3 is 1. The van der Waals surface area contributed by atoms with Crippen molar-refractivity contribution in [2.75, 3.05) is 20.2 Å². The van der Waals surface area contributed by atoms with Gasteiger partial charge in [0, 0.05) is 12.1 Å². The minimum absolute atomic E-state index is 0.00220. The summed E-state index contributed by atoms with van der Waals surface area (Å²) in [6.45, 7) is 0.659. The number of carbonyl (C=O) groups is 1. The van der Waals surface area contributed by atoms with Gasteiger partial charge >= 0.3 is 12.1 Å². The highest BCUT2D eigenvalue weighted by Gasteiger charge is 2.25. The van der Waals surface area contributed by atoms with Crippen LogP contribution in [0.3, 0.4) is 0 Å². The highest BCUT2D eigenvalue weighted by atomic mass is 19.4. The van der Waals surface area contributed by atoms with E-state index in [0.29, 0.717) is 12.0 Å². The van der Waals surface area contributed by atoms with Crippen molar-refractivity contribution in [2.45, 2.75) is 19.5 Å². The van der Waals surface area contributed by atoms with E-state index in [9.17, 15) is 18.0 Å². The SMILES string of the molecule is CCC(=CCNCC(F)(F)F)C(=O)OC. The molecule has 0 fully saturated rings. The van der Waals surface area contributed by atoms with Crippen LogP contribution in [0.4, 0.5) is 13.2 Å². The highest BCUT2D eigenvalue weighted by Crippen LogP contribution is 2.12. The van der Waals surface area contributed by atoms with E-state index in [1.165, 1.54) is 13.2 Å². The predicted octanol–water partition coefficient (Wildman–Crippen LogP) is 1.65. The van der Waals surface area contributed by atoms with Gasteiger partial charge in [-0.05, 0) is 6.42 Å². The molecule has 0 spiro atoms. The lowest BCUT2D eigenvalue weighted by Gasteiger charge is -2.06. The molecule has 6 heteroatoms. The summed E-state index contributed by atoms with van der Waals surface area (Å²) in [5, 5.41) is 2.16. The summed E-state index contributed by atoms with van der Waals surface area (Å²) in [7, 11) is 1.23. The van der Waals surface area contributed by atoms with Gasteiger partial charge in [0.25, 0.3) is 0 Å². The number of esters is 1. The van der Waals surface area contributed by atoms with Gasteiger partial charge in [-0.15, -0.1) is 0 Å². The van der Waals surface area contributed by atoms with E-state index in [4.69, 9.17) is 0 Å². The average molecular weight is 225 g/mol. The smallest absolute Gasteiger partial charge is 0.401 e. The van der Waals surface area contributed by atoms with Crippen LogP contribution in [0.2, 0.25) is 0 Å². The molecule has 0 amide bonds. The first-order valence-corrected chi connectivity index (χ1v) is 4.45. The number of rotatable bonds is 5. The van der Waals surface area contributed by atoms with Crippen LogP contribution >= 0.6 is 0 Å². The van der Waals surface area contributed by atoms with E-state index < -0.39 is 18.7 Å². The molecule has 0 saturated carbocycles. The number of halogens is 3. The van der Waals surface area contributed by atoms with Crippen LogP contribution in [0.25, 0.3) is 0 Å². The zero-order valence-electron chi connectivity index (χ0n) is 8.65. The average Bonchev–Trinajstić information content (AvgIpc) is 2.15. The quantitative estimate of drug-likeness (QED) is 0.439. The van der Waals surface area contributed by atoms with Gasteiger partial charge in [0.05, 0.1) is 13.7 Å². The van der Waals surface area contributed by atoms with Gasteiger partial charge < -0.3 is 10.1 Å². The monoisotopic (exact) mass is 225 g/mol. The number of hydrogen-bond donors (Lipinski definition) is 1. The molecule has 0 heterocycles. The Morgan fingerprint density at radius 3 is 2.47 bits per heavy atom. The molecule has 0 aliphatic heterocycles. The Morgan fingerprint density at radius 2 is 2.07 bits per heavy atom. The summed E-state index contributed by atoms with van der Waals surface area (Å²) in [5.74, 6) is -0.508. The molecule has 0 rings (SSSR count). The summed E-state index contributed by atoms with van der Waals surface area (Å²) in [5.41, 5.74) is 0.368. The van der Waals surface area contributed by atoms with Gasteiger partial charge in [0.15, 0.2) is 0 Å². The summed E-state index contributed by atoms with van der Waals surface area (Å²) in [6, 6.07) is 0. The largest absolute Gasteiger partial charge is 0.466 e. The molecule has 0 aliphatic carbocycles. The summed E-state index contributed by atoms with van der Waals surface area (Å²) >= 11 is 0. The van der Waals surface area contributed by atoms with Gasteiger partial charge in [-0.2, -0.15) is 13.2 Å². The van der Waals surface area contributed by atoms with Crippen molar-refractivity contribution >= 4 is 5.97 Å². The third-order valence-corrected chi connectivity index (χ3v) is 1.65. The number of hydrogen-bond acceptors (Lipinski definition) is 3. The molecule has 0 bridgehead atoms.